The van der Waals surface area contributed by atoms with Crippen molar-refractivity contribution in [2.45, 2.75) is 45.8 Å². The van der Waals surface area contributed by atoms with Gasteiger partial charge in [0.2, 0.25) is 0 Å². The molecule has 2 aromatic carbocycles. The molecule has 1 N–H and O–H groups in total. The molecule has 2 rings (SSSR count). The molecule has 0 aromatic heterocycles. The summed E-state index contributed by atoms with van der Waals surface area (Å²) in [4.78, 5) is 24.1. The summed E-state index contributed by atoms with van der Waals surface area (Å²) in [5.41, 5.74) is 2.90. The smallest absolute Gasteiger partial charge is 0.408 e. The van der Waals surface area contributed by atoms with Crippen molar-refractivity contribution in [3.63, 3.8) is 0 Å². The summed E-state index contributed by atoms with van der Waals surface area (Å²) >= 11 is 0. The van der Waals surface area contributed by atoms with Crippen LogP contribution in [0.2, 0.25) is 0 Å². The third-order valence-corrected chi connectivity index (χ3v) is 4.08. The van der Waals surface area contributed by atoms with Crippen molar-refractivity contribution >= 4 is 12.1 Å². The van der Waals surface area contributed by atoms with E-state index < -0.39 is 23.7 Å². The maximum Gasteiger partial charge on any atom is 0.408 e. The maximum atomic E-state index is 12.1. The summed E-state index contributed by atoms with van der Waals surface area (Å²) in [5.74, 6) is 11.6. The van der Waals surface area contributed by atoms with Crippen molar-refractivity contribution in [3.8, 4) is 23.7 Å². The molecule has 0 fully saturated rings. The largest absolute Gasteiger partial charge is 0.467 e. The monoisotopic (exact) mass is 417 g/mol. The van der Waals surface area contributed by atoms with Crippen molar-refractivity contribution in [1.82, 2.24) is 5.32 Å². The van der Waals surface area contributed by atoms with Gasteiger partial charge in [0.25, 0.3) is 0 Å². The van der Waals surface area contributed by atoms with Crippen LogP contribution in [0.1, 0.15) is 49.9 Å². The van der Waals surface area contributed by atoms with Gasteiger partial charge in [-0.3, -0.25) is 0 Å². The fourth-order valence-electron chi connectivity index (χ4n) is 2.67. The maximum absolute atomic E-state index is 12.1. The highest BCUT2D eigenvalue weighted by Crippen LogP contribution is 2.11. The van der Waals surface area contributed by atoms with E-state index >= 15 is 0 Å². The second-order valence-corrected chi connectivity index (χ2v) is 7.83. The van der Waals surface area contributed by atoms with E-state index in [-0.39, 0.29) is 6.42 Å². The number of hydrogen-bond acceptors (Lipinski definition) is 4. The number of hydrogen-bond donors (Lipinski definition) is 1. The molecule has 1 amide bonds. The van der Waals surface area contributed by atoms with Gasteiger partial charge in [-0.25, -0.2) is 9.59 Å². The lowest BCUT2D eigenvalue weighted by atomic mass is 10.0. The van der Waals surface area contributed by atoms with Crippen molar-refractivity contribution in [1.29, 1.82) is 0 Å². The SMILES string of the molecule is CC#Cc1ccc(C#Cc2ccc(CC(NC(=O)OC(C)(C)C)C(=O)OC)cc2)cc1. The summed E-state index contributed by atoms with van der Waals surface area (Å²) in [6.07, 6.45) is -0.388. The van der Waals surface area contributed by atoms with Crippen LogP contribution < -0.4 is 5.32 Å². The number of alkyl carbamates (subject to hydrolysis) is 1. The van der Waals surface area contributed by atoms with E-state index in [9.17, 15) is 9.59 Å². The minimum Gasteiger partial charge on any atom is -0.467 e. The molecule has 0 saturated carbocycles. The first-order valence-electron chi connectivity index (χ1n) is 9.91. The number of carbonyl (C=O) groups is 2. The Morgan fingerprint density at radius 2 is 1.39 bits per heavy atom. The van der Waals surface area contributed by atoms with Crippen molar-refractivity contribution in [2.75, 3.05) is 7.11 Å². The van der Waals surface area contributed by atoms with E-state index in [1.807, 2.05) is 48.5 Å². The van der Waals surface area contributed by atoms with Crippen LogP contribution >= 0.6 is 0 Å². The summed E-state index contributed by atoms with van der Waals surface area (Å²) in [7, 11) is 1.28. The van der Waals surface area contributed by atoms with Crippen LogP contribution in [-0.2, 0) is 20.7 Å². The predicted octanol–water partition coefficient (Wildman–Crippen LogP) is 4.07. The van der Waals surface area contributed by atoms with Gasteiger partial charge < -0.3 is 14.8 Å². The molecular formula is C26H27NO4. The number of amides is 1. The molecule has 0 radical (unpaired) electrons. The van der Waals surface area contributed by atoms with Crippen LogP contribution in [-0.4, -0.2) is 30.8 Å². The van der Waals surface area contributed by atoms with Gasteiger partial charge in [0, 0.05) is 23.1 Å². The molecule has 2 aromatic rings. The Bertz CT molecular complexity index is 1020. The highest BCUT2D eigenvalue weighted by Gasteiger charge is 2.25. The van der Waals surface area contributed by atoms with Crippen molar-refractivity contribution < 1.29 is 19.1 Å². The normalized spacial score (nSPS) is 11.1. The van der Waals surface area contributed by atoms with Crippen LogP contribution in [0.4, 0.5) is 4.79 Å². The average Bonchev–Trinajstić information content (AvgIpc) is 2.72. The molecule has 1 unspecified atom stereocenters. The quantitative estimate of drug-likeness (QED) is 0.602. The van der Waals surface area contributed by atoms with Crippen LogP contribution in [0.3, 0.4) is 0 Å². The topological polar surface area (TPSA) is 64.6 Å². The third-order valence-electron chi connectivity index (χ3n) is 4.08. The summed E-state index contributed by atoms with van der Waals surface area (Å²) < 4.78 is 10.0. The van der Waals surface area contributed by atoms with Gasteiger partial charge in [-0.05, 0) is 69.7 Å². The van der Waals surface area contributed by atoms with Gasteiger partial charge in [-0.15, -0.1) is 5.92 Å². The molecule has 0 aliphatic rings. The second-order valence-electron chi connectivity index (χ2n) is 7.83. The second kappa shape index (κ2) is 10.9. The zero-order chi connectivity index (χ0) is 22.9. The van der Waals surface area contributed by atoms with Gasteiger partial charge in [0.15, 0.2) is 0 Å². The van der Waals surface area contributed by atoms with Crippen molar-refractivity contribution in [2.24, 2.45) is 0 Å². The molecule has 0 saturated heterocycles. The first-order chi connectivity index (χ1) is 14.7. The summed E-state index contributed by atoms with van der Waals surface area (Å²) in [6, 6.07) is 14.4. The Kier molecular flexibility index (Phi) is 8.29. The Morgan fingerprint density at radius 1 is 0.903 bits per heavy atom. The van der Waals surface area contributed by atoms with Gasteiger partial charge in [-0.2, -0.15) is 0 Å². The van der Waals surface area contributed by atoms with Gasteiger partial charge in [0.05, 0.1) is 7.11 Å². The minimum atomic E-state index is -0.846. The van der Waals surface area contributed by atoms with Crippen LogP contribution in [0.15, 0.2) is 48.5 Å². The molecule has 1 atom stereocenters. The number of methoxy groups -OCH3 is 1. The zero-order valence-corrected chi connectivity index (χ0v) is 18.5. The Morgan fingerprint density at radius 3 is 1.84 bits per heavy atom. The number of benzene rings is 2. The number of rotatable bonds is 4. The first kappa shape index (κ1) is 23.6. The summed E-state index contributed by atoms with van der Waals surface area (Å²) in [5, 5.41) is 2.57. The lowest BCUT2D eigenvalue weighted by molar-refractivity contribution is -0.143. The molecular weight excluding hydrogens is 390 g/mol. The molecule has 0 spiro atoms. The molecule has 0 aliphatic carbocycles. The van der Waals surface area contributed by atoms with Crippen LogP contribution in [0.5, 0.6) is 0 Å². The fraction of sp³-hybridized carbons (Fsp3) is 0.308. The fourth-order valence-corrected chi connectivity index (χ4v) is 2.67. The lowest BCUT2D eigenvalue weighted by Gasteiger charge is -2.22. The average molecular weight is 418 g/mol. The predicted molar refractivity (Wildman–Crippen MR) is 120 cm³/mol. The number of ether oxygens (including phenoxy) is 2. The molecule has 0 aliphatic heterocycles. The standard InChI is InChI=1S/C26H27NO4/c1-6-7-19-8-10-20(11-9-19)12-13-21-14-16-22(17-15-21)18-23(24(28)30-5)27-25(29)31-26(2,3)4/h8-11,14-17,23H,18H2,1-5H3,(H,27,29). The van der Waals surface area contributed by atoms with Crippen LogP contribution in [0.25, 0.3) is 0 Å². The highest BCUT2D eigenvalue weighted by atomic mass is 16.6. The highest BCUT2D eigenvalue weighted by molar-refractivity contribution is 5.81. The molecule has 5 heteroatoms. The summed E-state index contributed by atoms with van der Waals surface area (Å²) in [6.45, 7) is 7.08. The molecule has 160 valence electrons. The van der Waals surface area contributed by atoms with Gasteiger partial charge in [0.1, 0.15) is 11.6 Å². The molecule has 5 nitrogen and oxygen atoms in total. The Balaban J connectivity index is 2.06. The number of nitrogens with one attached hydrogen (secondary N) is 1. The van der Waals surface area contributed by atoms with E-state index in [0.717, 1.165) is 22.3 Å². The van der Waals surface area contributed by atoms with Crippen molar-refractivity contribution in [3.05, 3.63) is 70.8 Å². The first-order valence-corrected chi connectivity index (χ1v) is 9.91. The molecule has 31 heavy (non-hydrogen) atoms. The van der Waals surface area contributed by atoms with E-state index in [4.69, 9.17) is 9.47 Å². The number of carbonyl (C=O) groups excluding carboxylic acids is 2. The van der Waals surface area contributed by atoms with Crippen LogP contribution in [0, 0.1) is 23.7 Å². The molecule has 0 bridgehead atoms. The van der Waals surface area contributed by atoms with E-state index in [0.29, 0.717) is 0 Å². The lowest BCUT2D eigenvalue weighted by Crippen LogP contribution is -2.45. The van der Waals surface area contributed by atoms with Gasteiger partial charge in [-0.1, -0.05) is 29.9 Å². The zero-order valence-electron chi connectivity index (χ0n) is 18.5. The Hall–Kier alpha value is -3.70. The minimum absolute atomic E-state index is 0.277. The van der Waals surface area contributed by atoms with E-state index in [1.54, 1.807) is 27.7 Å². The third kappa shape index (κ3) is 8.28. The molecule has 0 heterocycles. The van der Waals surface area contributed by atoms with Gasteiger partial charge >= 0.3 is 12.1 Å². The Labute approximate surface area is 184 Å². The van der Waals surface area contributed by atoms with E-state index in [2.05, 4.69) is 29.0 Å². The van der Waals surface area contributed by atoms with E-state index in [1.165, 1.54) is 7.11 Å². The number of esters is 1.